The second-order valence-electron chi connectivity index (χ2n) is 5.97. The fourth-order valence-electron chi connectivity index (χ4n) is 2.57. The van der Waals surface area contributed by atoms with Crippen LogP contribution in [0.2, 0.25) is 5.02 Å². The third-order valence-electron chi connectivity index (χ3n) is 3.99. The summed E-state index contributed by atoms with van der Waals surface area (Å²) >= 11 is 7.37. The Morgan fingerprint density at radius 1 is 1.26 bits per heavy atom. The Morgan fingerprint density at radius 2 is 2.00 bits per heavy atom. The summed E-state index contributed by atoms with van der Waals surface area (Å²) in [5, 5.41) is 15.0. The minimum absolute atomic E-state index is 0.120. The van der Waals surface area contributed by atoms with Gasteiger partial charge in [0.05, 0.1) is 31.4 Å². The smallest absolute Gasteiger partial charge is 0.271 e. The zero-order valence-corrected chi connectivity index (χ0v) is 16.2. The van der Waals surface area contributed by atoms with Gasteiger partial charge in [0.2, 0.25) is 5.91 Å². The number of hydrogen-bond acceptors (Lipinski definition) is 5. The molecule has 0 saturated heterocycles. The summed E-state index contributed by atoms with van der Waals surface area (Å²) in [6.45, 7) is 3.78. The Morgan fingerprint density at radius 3 is 2.70 bits per heavy atom. The standard InChI is InChI=1S/C19H16ClN3O3S/c1-11-9-18(21-16-6-4-3-5-14(11)16)27-12(2)19(24)22-17-8-7-13(23(25)26)10-15(17)20/h3-10,12H,1-2H3,(H,22,24)/t12-/m0/s1. The van der Waals surface area contributed by atoms with Crippen LogP contribution in [-0.2, 0) is 4.79 Å². The first-order valence-electron chi connectivity index (χ1n) is 8.13. The van der Waals surface area contributed by atoms with E-state index in [1.165, 1.54) is 30.0 Å². The number of non-ortho nitro benzene ring substituents is 1. The minimum Gasteiger partial charge on any atom is -0.324 e. The van der Waals surface area contributed by atoms with Crippen molar-refractivity contribution in [3.63, 3.8) is 0 Å². The van der Waals surface area contributed by atoms with Gasteiger partial charge in [-0.25, -0.2) is 4.98 Å². The van der Waals surface area contributed by atoms with Crippen LogP contribution in [0.5, 0.6) is 0 Å². The Bertz CT molecular complexity index is 1040. The third-order valence-corrected chi connectivity index (χ3v) is 5.32. The molecule has 0 aliphatic carbocycles. The molecular formula is C19H16ClN3O3S. The van der Waals surface area contributed by atoms with Crippen LogP contribution < -0.4 is 5.32 Å². The van der Waals surface area contributed by atoms with Gasteiger partial charge < -0.3 is 5.32 Å². The molecule has 1 N–H and O–H groups in total. The van der Waals surface area contributed by atoms with Gasteiger partial charge in [0, 0.05) is 17.5 Å². The number of para-hydroxylation sites is 1. The van der Waals surface area contributed by atoms with Crippen LogP contribution in [0.4, 0.5) is 11.4 Å². The number of nitrogens with one attached hydrogen (secondary N) is 1. The van der Waals surface area contributed by atoms with Crippen molar-refractivity contribution in [2.45, 2.75) is 24.1 Å². The number of carbonyl (C=O) groups excluding carboxylic acids is 1. The summed E-state index contributed by atoms with van der Waals surface area (Å²) in [7, 11) is 0. The van der Waals surface area contributed by atoms with Crippen molar-refractivity contribution in [2.24, 2.45) is 0 Å². The van der Waals surface area contributed by atoms with Crippen molar-refractivity contribution in [3.8, 4) is 0 Å². The van der Waals surface area contributed by atoms with Crippen LogP contribution in [-0.4, -0.2) is 21.1 Å². The molecule has 0 spiro atoms. The Hall–Kier alpha value is -2.64. The molecular weight excluding hydrogens is 386 g/mol. The molecule has 3 aromatic rings. The first-order chi connectivity index (χ1) is 12.8. The number of hydrogen-bond donors (Lipinski definition) is 1. The molecule has 2 aromatic carbocycles. The van der Waals surface area contributed by atoms with Crippen LogP contribution in [0.3, 0.4) is 0 Å². The number of nitro benzene ring substituents is 1. The van der Waals surface area contributed by atoms with Gasteiger partial charge in [-0.2, -0.15) is 0 Å². The number of aryl methyl sites for hydroxylation is 1. The molecule has 8 heteroatoms. The highest BCUT2D eigenvalue weighted by atomic mass is 35.5. The monoisotopic (exact) mass is 401 g/mol. The maximum absolute atomic E-state index is 12.5. The summed E-state index contributed by atoms with van der Waals surface area (Å²) in [4.78, 5) is 27.3. The fourth-order valence-corrected chi connectivity index (χ4v) is 3.71. The van der Waals surface area contributed by atoms with Gasteiger partial charge in [-0.3, -0.25) is 14.9 Å². The van der Waals surface area contributed by atoms with E-state index in [0.29, 0.717) is 5.69 Å². The van der Waals surface area contributed by atoms with E-state index in [1.54, 1.807) is 6.92 Å². The van der Waals surface area contributed by atoms with E-state index < -0.39 is 10.2 Å². The van der Waals surface area contributed by atoms with Gasteiger partial charge in [-0.1, -0.05) is 41.6 Å². The van der Waals surface area contributed by atoms with E-state index in [1.807, 2.05) is 37.3 Å². The molecule has 1 heterocycles. The number of pyridine rings is 1. The zero-order valence-electron chi connectivity index (χ0n) is 14.6. The number of rotatable bonds is 5. The Balaban J connectivity index is 1.74. The number of anilines is 1. The third kappa shape index (κ3) is 4.37. The number of halogens is 1. The van der Waals surface area contributed by atoms with Crippen molar-refractivity contribution in [2.75, 3.05) is 5.32 Å². The quantitative estimate of drug-likeness (QED) is 0.359. The number of carbonyl (C=O) groups is 1. The molecule has 1 amide bonds. The van der Waals surface area contributed by atoms with Gasteiger partial charge >= 0.3 is 0 Å². The molecule has 3 rings (SSSR count). The predicted molar refractivity (Wildman–Crippen MR) is 109 cm³/mol. The molecule has 0 bridgehead atoms. The Kier molecular flexibility index (Phi) is 5.62. The molecule has 27 heavy (non-hydrogen) atoms. The van der Waals surface area contributed by atoms with Gasteiger partial charge in [-0.15, -0.1) is 0 Å². The number of benzene rings is 2. The minimum atomic E-state index is -0.538. The molecule has 0 radical (unpaired) electrons. The number of thioether (sulfide) groups is 1. The number of fused-ring (bicyclic) bond motifs is 1. The second-order valence-corrected chi connectivity index (χ2v) is 7.73. The van der Waals surface area contributed by atoms with Crippen LogP contribution in [0.1, 0.15) is 12.5 Å². The van der Waals surface area contributed by atoms with E-state index in [0.717, 1.165) is 21.5 Å². The summed E-state index contributed by atoms with van der Waals surface area (Å²) in [5.74, 6) is -0.261. The average molecular weight is 402 g/mol. The highest BCUT2D eigenvalue weighted by molar-refractivity contribution is 8.00. The highest BCUT2D eigenvalue weighted by Crippen LogP contribution is 2.29. The van der Waals surface area contributed by atoms with Gasteiger partial charge in [0.15, 0.2) is 0 Å². The van der Waals surface area contributed by atoms with E-state index in [4.69, 9.17) is 11.6 Å². The summed E-state index contributed by atoms with van der Waals surface area (Å²) < 4.78 is 0. The highest BCUT2D eigenvalue weighted by Gasteiger charge is 2.18. The van der Waals surface area contributed by atoms with E-state index in [9.17, 15) is 14.9 Å². The number of nitrogens with zero attached hydrogens (tertiary/aromatic N) is 2. The predicted octanol–water partition coefficient (Wildman–Crippen LogP) is 5.22. The lowest BCUT2D eigenvalue weighted by molar-refractivity contribution is -0.384. The summed E-state index contributed by atoms with van der Waals surface area (Å²) in [5.41, 5.74) is 2.18. The number of nitro groups is 1. The lowest BCUT2D eigenvalue weighted by Gasteiger charge is -2.13. The van der Waals surface area contributed by atoms with E-state index in [-0.39, 0.29) is 16.6 Å². The van der Waals surface area contributed by atoms with E-state index in [2.05, 4.69) is 10.3 Å². The maximum Gasteiger partial charge on any atom is 0.271 e. The SMILES string of the molecule is Cc1cc(S[C@@H](C)C(=O)Nc2ccc([N+](=O)[O-])cc2Cl)nc2ccccc12. The first kappa shape index (κ1) is 19.1. The number of amides is 1. The van der Waals surface area contributed by atoms with Crippen LogP contribution in [0.25, 0.3) is 10.9 Å². The van der Waals surface area contributed by atoms with E-state index >= 15 is 0 Å². The Labute approximate surface area is 165 Å². The van der Waals surface area contributed by atoms with Gasteiger partial charge in [0.25, 0.3) is 5.69 Å². The van der Waals surface area contributed by atoms with Crippen LogP contribution in [0.15, 0.2) is 53.6 Å². The lowest BCUT2D eigenvalue weighted by Crippen LogP contribution is -2.22. The summed E-state index contributed by atoms with van der Waals surface area (Å²) in [6.07, 6.45) is 0. The normalized spacial score (nSPS) is 12.0. The zero-order chi connectivity index (χ0) is 19.6. The first-order valence-corrected chi connectivity index (χ1v) is 9.39. The van der Waals surface area contributed by atoms with Crippen molar-refractivity contribution in [3.05, 3.63) is 69.2 Å². The molecule has 0 aliphatic rings. The van der Waals surface area contributed by atoms with Crippen molar-refractivity contribution in [1.82, 2.24) is 4.98 Å². The van der Waals surface area contributed by atoms with Crippen LogP contribution in [0, 0.1) is 17.0 Å². The fraction of sp³-hybridized carbons (Fsp3) is 0.158. The molecule has 0 saturated carbocycles. The molecule has 6 nitrogen and oxygen atoms in total. The average Bonchev–Trinajstić information content (AvgIpc) is 2.63. The second kappa shape index (κ2) is 7.94. The molecule has 1 aromatic heterocycles. The summed E-state index contributed by atoms with van der Waals surface area (Å²) in [6, 6.07) is 13.7. The van der Waals surface area contributed by atoms with Crippen molar-refractivity contribution < 1.29 is 9.72 Å². The molecule has 1 atom stereocenters. The van der Waals surface area contributed by atoms with Gasteiger partial charge in [0.1, 0.15) is 0 Å². The molecule has 0 unspecified atom stereocenters. The van der Waals surface area contributed by atoms with Crippen molar-refractivity contribution >= 4 is 51.5 Å². The molecule has 138 valence electrons. The topological polar surface area (TPSA) is 85.1 Å². The molecule has 0 fully saturated rings. The van der Waals surface area contributed by atoms with Crippen LogP contribution >= 0.6 is 23.4 Å². The largest absolute Gasteiger partial charge is 0.324 e. The number of aromatic nitrogens is 1. The molecule has 0 aliphatic heterocycles. The van der Waals surface area contributed by atoms with Crippen molar-refractivity contribution in [1.29, 1.82) is 0 Å². The maximum atomic E-state index is 12.5. The van der Waals surface area contributed by atoms with Gasteiger partial charge in [-0.05, 0) is 37.6 Å². The lowest BCUT2D eigenvalue weighted by atomic mass is 10.1.